The van der Waals surface area contributed by atoms with Gasteiger partial charge in [-0.1, -0.05) is 40.5 Å². The van der Waals surface area contributed by atoms with Crippen molar-refractivity contribution in [2.45, 2.75) is 66.2 Å². The fourth-order valence-corrected chi connectivity index (χ4v) is 1.84. The van der Waals surface area contributed by atoms with Gasteiger partial charge in [-0.25, -0.2) is 0 Å². The highest BCUT2D eigenvalue weighted by molar-refractivity contribution is 5.85. The normalized spacial score (nSPS) is 12.5. The van der Waals surface area contributed by atoms with Crippen molar-refractivity contribution in [3.63, 3.8) is 0 Å². The van der Waals surface area contributed by atoms with Gasteiger partial charge in [0.05, 0.1) is 0 Å². The van der Waals surface area contributed by atoms with Crippen molar-refractivity contribution in [1.29, 1.82) is 0 Å². The molecular formula is C14H26O3. The van der Waals surface area contributed by atoms with Gasteiger partial charge < -0.3 is 4.74 Å². The van der Waals surface area contributed by atoms with Gasteiger partial charge in [0.15, 0.2) is 0 Å². The zero-order valence-electron chi connectivity index (χ0n) is 11.6. The summed E-state index contributed by atoms with van der Waals surface area (Å²) in [7, 11) is 0. The molecule has 0 aromatic heterocycles. The van der Waals surface area contributed by atoms with Gasteiger partial charge in [-0.05, 0) is 24.7 Å². The van der Waals surface area contributed by atoms with Crippen LogP contribution in [-0.2, 0) is 14.3 Å². The number of carbonyl (C=O) groups is 2. The van der Waals surface area contributed by atoms with Crippen molar-refractivity contribution in [2.24, 2.45) is 11.8 Å². The molecular weight excluding hydrogens is 216 g/mol. The van der Waals surface area contributed by atoms with E-state index in [0.717, 1.165) is 25.7 Å². The van der Waals surface area contributed by atoms with Crippen LogP contribution in [0.1, 0.15) is 66.2 Å². The van der Waals surface area contributed by atoms with E-state index in [9.17, 15) is 9.59 Å². The van der Waals surface area contributed by atoms with Crippen molar-refractivity contribution >= 4 is 11.9 Å². The molecule has 17 heavy (non-hydrogen) atoms. The van der Waals surface area contributed by atoms with Crippen molar-refractivity contribution in [2.75, 3.05) is 0 Å². The molecule has 0 aromatic carbocycles. The van der Waals surface area contributed by atoms with E-state index in [4.69, 9.17) is 4.74 Å². The van der Waals surface area contributed by atoms with Crippen molar-refractivity contribution in [1.82, 2.24) is 0 Å². The molecule has 0 aromatic rings. The number of ether oxygens (including phenoxy) is 1. The molecule has 0 heterocycles. The lowest BCUT2D eigenvalue weighted by atomic mass is 9.92. The third-order valence-electron chi connectivity index (χ3n) is 2.80. The Bertz CT molecular complexity index is 234. The first-order valence-electron chi connectivity index (χ1n) is 6.73. The average Bonchev–Trinajstić information content (AvgIpc) is 2.24. The second-order valence-corrected chi connectivity index (χ2v) is 5.06. The molecule has 1 atom stereocenters. The molecule has 0 spiro atoms. The molecule has 3 nitrogen and oxygen atoms in total. The zero-order valence-corrected chi connectivity index (χ0v) is 11.6. The number of unbranched alkanes of at least 4 members (excludes halogenated alkanes) is 1. The number of esters is 2. The van der Waals surface area contributed by atoms with E-state index in [2.05, 4.69) is 20.8 Å². The molecule has 0 aliphatic heterocycles. The minimum atomic E-state index is -0.378. The van der Waals surface area contributed by atoms with Crippen LogP contribution in [0, 0.1) is 11.8 Å². The molecule has 0 saturated heterocycles. The first kappa shape index (κ1) is 16.1. The van der Waals surface area contributed by atoms with Crippen LogP contribution >= 0.6 is 0 Å². The van der Waals surface area contributed by atoms with E-state index < -0.39 is 0 Å². The lowest BCUT2D eigenvalue weighted by molar-refractivity contribution is -0.160. The Morgan fingerprint density at radius 2 is 1.76 bits per heavy atom. The van der Waals surface area contributed by atoms with Gasteiger partial charge in [-0.15, -0.1) is 0 Å². The Kier molecular flexibility index (Phi) is 8.73. The molecule has 0 bridgehead atoms. The smallest absolute Gasteiger partial charge is 0.313 e. The van der Waals surface area contributed by atoms with Gasteiger partial charge in [0.2, 0.25) is 0 Å². The minimum absolute atomic E-state index is 0.335. The third-order valence-corrected chi connectivity index (χ3v) is 2.80. The predicted molar refractivity (Wildman–Crippen MR) is 68.5 cm³/mol. The molecule has 0 aliphatic rings. The lowest BCUT2D eigenvalue weighted by Gasteiger charge is -2.15. The van der Waals surface area contributed by atoms with Crippen LogP contribution in [0.15, 0.2) is 0 Å². The summed E-state index contributed by atoms with van der Waals surface area (Å²) in [5.41, 5.74) is 0. The fourth-order valence-electron chi connectivity index (χ4n) is 1.84. The molecule has 0 fully saturated rings. The first-order valence-corrected chi connectivity index (χ1v) is 6.73. The highest BCUT2D eigenvalue weighted by atomic mass is 16.6. The van der Waals surface area contributed by atoms with Crippen LogP contribution in [0.5, 0.6) is 0 Å². The second-order valence-electron chi connectivity index (χ2n) is 5.06. The van der Waals surface area contributed by atoms with E-state index in [1.54, 1.807) is 0 Å². The predicted octanol–water partition coefficient (Wildman–Crippen LogP) is 3.71. The molecule has 0 amide bonds. The Balaban J connectivity index is 3.93. The van der Waals surface area contributed by atoms with Crippen LogP contribution in [0.3, 0.4) is 0 Å². The van der Waals surface area contributed by atoms with E-state index in [0.29, 0.717) is 24.7 Å². The maximum absolute atomic E-state index is 11.5. The van der Waals surface area contributed by atoms with Gasteiger partial charge in [0.25, 0.3) is 0 Å². The summed E-state index contributed by atoms with van der Waals surface area (Å²) >= 11 is 0. The summed E-state index contributed by atoms with van der Waals surface area (Å²) in [6.45, 7) is 8.35. The van der Waals surface area contributed by atoms with Gasteiger partial charge in [0, 0.05) is 12.8 Å². The largest absolute Gasteiger partial charge is 0.393 e. The monoisotopic (exact) mass is 242 g/mol. The summed E-state index contributed by atoms with van der Waals surface area (Å²) in [5, 5.41) is 0. The quantitative estimate of drug-likeness (QED) is 0.481. The highest BCUT2D eigenvalue weighted by Crippen LogP contribution is 2.19. The molecule has 100 valence electrons. The second kappa shape index (κ2) is 9.20. The number of hydrogen-bond donors (Lipinski definition) is 0. The molecule has 0 N–H and O–H groups in total. The van der Waals surface area contributed by atoms with Crippen molar-refractivity contribution in [3.05, 3.63) is 0 Å². The molecule has 3 heteroatoms. The van der Waals surface area contributed by atoms with Crippen LogP contribution in [0.2, 0.25) is 0 Å². The van der Waals surface area contributed by atoms with Crippen LogP contribution in [0.25, 0.3) is 0 Å². The molecule has 0 aliphatic carbocycles. The number of hydrogen-bond acceptors (Lipinski definition) is 3. The van der Waals surface area contributed by atoms with Crippen LogP contribution < -0.4 is 0 Å². The lowest BCUT2D eigenvalue weighted by Crippen LogP contribution is -2.16. The van der Waals surface area contributed by atoms with Crippen molar-refractivity contribution < 1.29 is 14.3 Å². The van der Waals surface area contributed by atoms with E-state index in [1.807, 2.05) is 6.92 Å². The standard InChI is InChI=1S/C14H26O3/c1-5-7-8-13(15)17-14(16)10-12(6-2)9-11(3)4/h11-12H,5-10H2,1-4H3. The zero-order chi connectivity index (χ0) is 13.3. The van der Waals surface area contributed by atoms with Crippen molar-refractivity contribution in [3.8, 4) is 0 Å². The maximum atomic E-state index is 11.5. The summed E-state index contributed by atoms with van der Waals surface area (Å²) < 4.78 is 4.79. The molecule has 0 rings (SSSR count). The topological polar surface area (TPSA) is 43.4 Å². The summed E-state index contributed by atoms with van der Waals surface area (Å²) in [6, 6.07) is 0. The maximum Gasteiger partial charge on any atom is 0.313 e. The van der Waals surface area contributed by atoms with Crippen LogP contribution in [0.4, 0.5) is 0 Å². The Morgan fingerprint density at radius 3 is 2.24 bits per heavy atom. The van der Waals surface area contributed by atoms with E-state index in [1.165, 1.54) is 0 Å². The highest BCUT2D eigenvalue weighted by Gasteiger charge is 2.17. The Labute approximate surface area is 105 Å². The fraction of sp³-hybridized carbons (Fsp3) is 0.857. The summed E-state index contributed by atoms with van der Waals surface area (Å²) in [5.74, 6) is 0.167. The van der Waals surface area contributed by atoms with Gasteiger partial charge in [0.1, 0.15) is 0 Å². The van der Waals surface area contributed by atoms with E-state index >= 15 is 0 Å². The van der Waals surface area contributed by atoms with Gasteiger partial charge >= 0.3 is 11.9 Å². The van der Waals surface area contributed by atoms with Crippen LogP contribution in [-0.4, -0.2) is 11.9 Å². The van der Waals surface area contributed by atoms with Gasteiger partial charge in [-0.3, -0.25) is 9.59 Å². The number of rotatable bonds is 8. The average molecular weight is 242 g/mol. The molecule has 0 saturated carbocycles. The van der Waals surface area contributed by atoms with E-state index in [-0.39, 0.29) is 11.9 Å². The summed E-state index contributed by atoms with van der Waals surface area (Å²) in [6.07, 6.45) is 4.41. The Hall–Kier alpha value is -0.860. The number of carbonyl (C=O) groups excluding carboxylic acids is 2. The van der Waals surface area contributed by atoms with Gasteiger partial charge in [-0.2, -0.15) is 0 Å². The third kappa shape index (κ3) is 8.90. The Morgan fingerprint density at radius 1 is 1.12 bits per heavy atom. The molecule has 1 unspecified atom stereocenters. The minimum Gasteiger partial charge on any atom is -0.393 e. The molecule has 0 radical (unpaired) electrons. The first-order chi connectivity index (χ1) is 7.99. The summed E-state index contributed by atoms with van der Waals surface area (Å²) in [4.78, 5) is 22.8. The SMILES string of the molecule is CCCCC(=O)OC(=O)CC(CC)CC(C)C.